The maximum Gasteiger partial charge on any atom is 1.00 e. The Morgan fingerprint density at radius 1 is 0.787 bits per heavy atom. The van der Waals surface area contributed by atoms with E-state index in [4.69, 9.17) is 30.5 Å². The van der Waals surface area contributed by atoms with Crippen molar-refractivity contribution in [2.75, 3.05) is 62.3 Å². The molecular formula is C42H55ClF3KN10O4. The number of hydrogen-bond donors (Lipinski definition) is 4. The summed E-state index contributed by atoms with van der Waals surface area (Å²) in [5, 5.41) is 3.11. The van der Waals surface area contributed by atoms with Crippen LogP contribution in [0.4, 0.5) is 49.0 Å². The Morgan fingerprint density at radius 3 is 1.64 bits per heavy atom. The van der Waals surface area contributed by atoms with Gasteiger partial charge in [0.15, 0.2) is 23.3 Å². The summed E-state index contributed by atoms with van der Waals surface area (Å²) in [6.45, 7) is 31.5. The number of aromatic nitrogens is 2. The molecule has 0 fully saturated rings. The average molecular weight is 896 g/mol. The van der Waals surface area contributed by atoms with E-state index in [1.165, 1.54) is 20.3 Å². The van der Waals surface area contributed by atoms with Crippen molar-refractivity contribution in [3.05, 3.63) is 110 Å². The molecule has 19 heteroatoms. The summed E-state index contributed by atoms with van der Waals surface area (Å²) < 4.78 is 28.3. The van der Waals surface area contributed by atoms with E-state index in [1.54, 1.807) is 60.3 Å². The zero-order valence-electron chi connectivity index (χ0n) is 36.9. The minimum Gasteiger partial charge on any atom is -1.00 e. The number of aryl methyl sites for hydroxylation is 2. The van der Waals surface area contributed by atoms with Crippen LogP contribution in [-0.4, -0.2) is 63.2 Å². The van der Waals surface area contributed by atoms with E-state index in [1.807, 2.05) is 34.6 Å². The molecule has 0 bridgehead atoms. The van der Waals surface area contributed by atoms with Gasteiger partial charge < -0.3 is 25.6 Å². The summed E-state index contributed by atoms with van der Waals surface area (Å²) in [5.41, 5.74) is 14.0. The number of rotatable bonds is 10. The number of carbonyl (C=O) groups is 2. The van der Waals surface area contributed by atoms with Gasteiger partial charge in [-0.05, 0) is 72.2 Å². The predicted octanol–water partition coefficient (Wildman–Crippen LogP) is 3.63. The Labute approximate surface area is 405 Å². The predicted molar refractivity (Wildman–Crippen MR) is 232 cm³/mol. The largest absolute Gasteiger partial charge is 1.00 e. The second-order valence-corrected chi connectivity index (χ2v) is 16.2. The van der Waals surface area contributed by atoms with Gasteiger partial charge in [0.2, 0.25) is 11.4 Å². The zero-order chi connectivity index (χ0) is 44.8. The van der Waals surface area contributed by atoms with Crippen LogP contribution in [0.3, 0.4) is 0 Å². The first-order valence-electron chi connectivity index (χ1n) is 18.1. The normalized spacial score (nSPS) is 10.4. The number of nitrogens with zero attached hydrogens (tertiary/aromatic N) is 6. The maximum absolute atomic E-state index is 14.6. The summed E-state index contributed by atoms with van der Waals surface area (Å²) in [6.07, 6.45) is 0. The smallest absolute Gasteiger partial charge is 1.00 e. The number of pyridine rings is 2. The van der Waals surface area contributed by atoms with Gasteiger partial charge in [0, 0.05) is 51.1 Å². The van der Waals surface area contributed by atoms with Crippen LogP contribution in [0, 0.1) is 49.5 Å². The standard InChI is InChI=1S/C21H26FN5O2.C12H15ClFN3.C9H12N2O2.FH.K.H2/c1-13-8-9-14(20(28)26-29-7)10-16(13)24-18-17(23-5)11-15(22)19(25-18)27(6)12-21(2,3)4;1-12(2,3)7-17(5)11-8(14)6-9(15-4)10(13)16-11;1-6-3-4-7(5-8(6)10)9(12)11-13-2;;;/h8-11H,12H2,1-4,6-7H3,(H,24,25)(H,26,28);6H,7H2,1-3,5H3;3-5H,10H2,1-2H3,(H,11,12);1H;;1H/q;;;;+1;/p-1. The van der Waals surface area contributed by atoms with Crippen molar-refractivity contribution in [1.82, 2.24) is 20.9 Å². The third-order valence-corrected chi connectivity index (χ3v) is 8.18. The van der Waals surface area contributed by atoms with Gasteiger partial charge in [-0.2, -0.15) is 0 Å². The molecule has 2 amide bonds. The Bertz CT molecular complexity index is 2210. The Morgan fingerprint density at radius 2 is 1.21 bits per heavy atom. The number of nitrogens with two attached hydrogens (primary N) is 1. The third kappa shape index (κ3) is 18.2. The Balaban J connectivity index is 0. The molecule has 4 rings (SSSR count). The number of hydroxylamine groups is 2. The van der Waals surface area contributed by atoms with Crippen molar-refractivity contribution in [2.45, 2.75) is 55.4 Å². The van der Waals surface area contributed by atoms with Crippen molar-refractivity contribution in [3.8, 4) is 0 Å². The number of benzene rings is 2. The van der Waals surface area contributed by atoms with Crippen LogP contribution in [0.15, 0.2) is 48.5 Å². The third-order valence-electron chi connectivity index (χ3n) is 7.90. The first kappa shape index (κ1) is 56.5. The molecule has 5 N–H and O–H groups in total. The van der Waals surface area contributed by atoms with Crippen molar-refractivity contribution < 1.29 is 85.6 Å². The van der Waals surface area contributed by atoms with Gasteiger partial charge in [0.05, 0.1) is 27.4 Å². The SMILES string of the molecule is CONC(=O)c1ccc(C)c(N)c1.[C-]#[N+]c1cc(F)c(N(C)CC(C)(C)C)nc1Cl.[C-]#[N+]c1cc(F)c(N(C)CC(C)(C)C)nc1Nc1cc(C(=O)NOC)ccc1C.[F-].[HH].[K+]. The monoisotopic (exact) mass is 894 g/mol. The van der Waals surface area contributed by atoms with E-state index in [0.29, 0.717) is 35.6 Å². The first-order chi connectivity index (χ1) is 27.4. The maximum atomic E-state index is 14.6. The number of carbonyl (C=O) groups excluding carboxylic acids is 2. The molecule has 0 radical (unpaired) electrons. The first-order valence-corrected chi connectivity index (χ1v) is 18.5. The minimum atomic E-state index is -0.557. The molecule has 0 unspecified atom stereocenters. The number of nitrogen functional groups attached to an aromatic ring is 1. The summed E-state index contributed by atoms with van der Waals surface area (Å²) in [4.78, 5) is 50.6. The Kier molecular flexibility index (Phi) is 23.6. The van der Waals surface area contributed by atoms with Gasteiger partial charge >= 0.3 is 51.4 Å². The number of amides is 2. The van der Waals surface area contributed by atoms with E-state index in [9.17, 15) is 18.4 Å². The minimum absolute atomic E-state index is 0. The van der Waals surface area contributed by atoms with Gasteiger partial charge in [0.25, 0.3) is 11.8 Å². The molecule has 0 saturated heterocycles. The second-order valence-electron chi connectivity index (χ2n) is 15.8. The molecule has 4 aromatic rings. The number of anilines is 5. The van der Waals surface area contributed by atoms with E-state index in [-0.39, 0.29) is 108 Å². The van der Waals surface area contributed by atoms with Crippen molar-refractivity contribution in [1.29, 1.82) is 0 Å². The fourth-order valence-corrected chi connectivity index (χ4v) is 5.57. The van der Waals surface area contributed by atoms with Crippen LogP contribution in [0.1, 0.15) is 74.8 Å². The van der Waals surface area contributed by atoms with Crippen LogP contribution in [0.25, 0.3) is 9.69 Å². The van der Waals surface area contributed by atoms with Crippen LogP contribution in [0.2, 0.25) is 5.15 Å². The van der Waals surface area contributed by atoms with Crippen molar-refractivity contribution in [2.24, 2.45) is 10.8 Å². The molecule has 14 nitrogen and oxygen atoms in total. The zero-order valence-corrected chi connectivity index (χ0v) is 40.8. The second kappa shape index (κ2) is 25.4. The summed E-state index contributed by atoms with van der Waals surface area (Å²) in [5.74, 6) is -1.22. The molecule has 0 atom stereocenters. The summed E-state index contributed by atoms with van der Waals surface area (Å²) >= 11 is 5.80. The van der Waals surface area contributed by atoms with E-state index in [2.05, 4.69) is 66.4 Å². The van der Waals surface area contributed by atoms with Gasteiger partial charge in [-0.25, -0.2) is 39.4 Å². The van der Waals surface area contributed by atoms with Crippen LogP contribution < -0.4 is 87.9 Å². The van der Waals surface area contributed by atoms with Gasteiger partial charge in [-0.15, -0.1) is 0 Å². The molecule has 0 aliphatic heterocycles. The molecule has 0 spiro atoms. The number of nitrogens with one attached hydrogen (secondary N) is 3. The van der Waals surface area contributed by atoms with Crippen LogP contribution in [0.5, 0.6) is 0 Å². The van der Waals surface area contributed by atoms with Crippen LogP contribution >= 0.6 is 11.6 Å². The van der Waals surface area contributed by atoms with Gasteiger partial charge in [-0.1, -0.05) is 65.3 Å². The molecule has 326 valence electrons. The summed E-state index contributed by atoms with van der Waals surface area (Å²) in [6, 6.07) is 12.4. The van der Waals surface area contributed by atoms with Crippen molar-refractivity contribution >= 4 is 63.6 Å². The average Bonchev–Trinajstić information content (AvgIpc) is 3.14. The number of halogens is 4. The van der Waals surface area contributed by atoms with E-state index in [0.717, 1.165) is 17.2 Å². The topological polar surface area (TPSA) is 156 Å². The summed E-state index contributed by atoms with van der Waals surface area (Å²) in [7, 11) is 6.25. The van der Waals surface area contributed by atoms with E-state index < -0.39 is 17.5 Å². The molecule has 61 heavy (non-hydrogen) atoms. The fourth-order valence-electron chi connectivity index (χ4n) is 5.39. The van der Waals surface area contributed by atoms with Gasteiger partial charge in [0.1, 0.15) is 11.0 Å². The molecule has 2 aromatic carbocycles. The number of hydrogen-bond acceptors (Lipinski definition) is 10. The molecular weight excluding hydrogens is 840 g/mol. The molecule has 0 saturated carbocycles. The van der Waals surface area contributed by atoms with Crippen molar-refractivity contribution in [3.63, 3.8) is 0 Å². The Hall–Kier alpha value is -4.50. The molecule has 2 aromatic heterocycles. The van der Waals surface area contributed by atoms with Gasteiger partial charge in [-0.3, -0.25) is 19.3 Å². The molecule has 0 aliphatic rings. The van der Waals surface area contributed by atoms with Crippen LogP contribution in [-0.2, 0) is 9.68 Å². The fraction of sp³-hybridized carbons (Fsp3) is 0.381. The molecule has 2 heterocycles. The molecule has 0 aliphatic carbocycles. The quantitative estimate of drug-likeness (QED) is 0.0611. The van der Waals surface area contributed by atoms with E-state index >= 15 is 0 Å².